The van der Waals surface area contributed by atoms with Crippen LogP contribution in [0, 0.1) is 6.92 Å². The Kier molecular flexibility index (Phi) is 4.83. The van der Waals surface area contributed by atoms with Crippen molar-refractivity contribution in [3.8, 4) is 11.5 Å². The molecule has 0 saturated heterocycles. The number of phenolic OH excluding ortho intramolecular Hbond substituents is 1. The predicted molar refractivity (Wildman–Crippen MR) is 93.3 cm³/mol. The summed E-state index contributed by atoms with van der Waals surface area (Å²) in [6.07, 6.45) is 0.243. The lowest BCUT2D eigenvalue weighted by Crippen LogP contribution is -2.26. The molecule has 26 heavy (non-hydrogen) atoms. The van der Waals surface area contributed by atoms with E-state index >= 15 is 0 Å². The molecular formula is C18H21N3O5. The fourth-order valence-electron chi connectivity index (χ4n) is 3.25. The number of ether oxygens (including phenoxy) is 2. The van der Waals surface area contributed by atoms with E-state index in [1.165, 1.54) is 11.8 Å². The molecule has 2 heterocycles. The number of nitrogens with zero attached hydrogens (tertiary/aromatic N) is 2. The standard InChI is InChI=1S/C18H21N3O5/c1-4-26-16(24)9-21-18-17(10(2)20-21)12(8-15(23)19-18)11-5-6-13(22)14(7-11)25-3/h5-7,12,22H,4,8-9H2,1-3H3,(H,19,23)/t12-/m1/s1. The van der Waals surface area contributed by atoms with E-state index in [-0.39, 0.29) is 37.1 Å². The number of aromatic nitrogens is 2. The molecule has 1 aromatic carbocycles. The molecular weight excluding hydrogens is 338 g/mol. The van der Waals surface area contributed by atoms with Crippen LogP contribution in [-0.2, 0) is 20.9 Å². The van der Waals surface area contributed by atoms with E-state index in [0.29, 0.717) is 11.6 Å². The van der Waals surface area contributed by atoms with Crippen LogP contribution in [0.25, 0.3) is 0 Å². The smallest absolute Gasteiger partial charge is 0.327 e. The summed E-state index contributed by atoms with van der Waals surface area (Å²) in [6.45, 7) is 3.78. The molecule has 2 aromatic rings. The fourth-order valence-corrected chi connectivity index (χ4v) is 3.25. The lowest BCUT2D eigenvalue weighted by atomic mass is 9.85. The molecule has 8 heteroatoms. The van der Waals surface area contributed by atoms with Crippen molar-refractivity contribution in [3.05, 3.63) is 35.0 Å². The highest BCUT2D eigenvalue weighted by molar-refractivity contribution is 5.95. The largest absolute Gasteiger partial charge is 0.504 e. The summed E-state index contributed by atoms with van der Waals surface area (Å²) in [6, 6.07) is 5.01. The molecule has 1 aliphatic rings. The Morgan fingerprint density at radius 2 is 2.23 bits per heavy atom. The van der Waals surface area contributed by atoms with Crippen LogP contribution in [0.5, 0.6) is 11.5 Å². The number of fused-ring (bicyclic) bond motifs is 1. The maximum Gasteiger partial charge on any atom is 0.327 e. The van der Waals surface area contributed by atoms with Gasteiger partial charge in [-0.15, -0.1) is 0 Å². The van der Waals surface area contributed by atoms with Gasteiger partial charge < -0.3 is 19.9 Å². The van der Waals surface area contributed by atoms with Crippen LogP contribution in [0.3, 0.4) is 0 Å². The van der Waals surface area contributed by atoms with Crippen LogP contribution in [0.2, 0.25) is 0 Å². The molecule has 1 aliphatic heterocycles. The third-order valence-electron chi connectivity index (χ3n) is 4.36. The summed E-state index contributed by atoms with van der Waals surface area (Å²) < 4.78 is 11.6. The van der Waals surface area contributed by atoms with Gasteiger partial charge >= 0.3 is 5.97 Å². The van der Waals surface area contributed by atoms with Crippen molar-refractivity contribution >= 4 is 17.7 Å². The second-order valence-electron chi connectivity index (χ2n) is 6.05. The summed E-state index contributed by atoms with van der Waals surface area (Å²) in [5.41, 5.74) is 2.40. The van der Waals surface area contributed by atoms with Crippen LogP contribution in [0.4, 0.5) is 5.82 Å². The maximum atomic E-state index is 12.3. The molecule has 3 rings (SSSR count). The van der Waals surface area contributed by atoms with Crippen molar-refractivity contribution in [1.82, 2.24) is 9.78 Å². The quantitative estimate of drug-likeness (QED) is 0.791. The monoisotopic (exact) mass is 359 g/mol. The number of anilines is 1. The number of methoxy groups -OCH3 is 1. The lowest BCUT2D eigenvalue weighted by Gasteiger charge is -2.24. The molecule has 0 saturated carbocycles. The second-order valence-corrected chi connectivity index (χ2v) is 6.05. The van der Waals surface area contributed by atoms with Crippen molar-refractivity contribution in [2.75, 3.05) is 19.0 Å². The minimum absolute atomic E-state index is 0.0338. The Morgan fingerprint density at radius 1 is 1.46 bits per heavy atom. The van der Waals surface area contributed by atoms with Gasteiger partial charge in [-0.3, -0.25) is 9.59 Å². The lowest BCUT2D eigenvalue weighted by molar-refractivity contribution is -0.144. The number of amides is 1. The van der Waals surface area contributed by atoms with Gasteiger partial charge in [0.05, 0.1) is 19.4 Å². The fraction of sp³-hybridized carbons (Fsp3) is 0.389. The average molecular weight is 359 g/mol. The van der Waals surface area contributed by atoms with Crippen molar-refractivity contribution in [2.24, 2.45) is 0 Å². The van der Waals surface area contributed by atoms with E-state index in [4.69, 9.17) is 9.47 Å². The molecule has 0 radical (unpaired) electrons. The highest BCUT2D eigenvalue weighted by Crippen LogP contribution is 2.41. The Hall–Kier alpha value is -3.03. The molecule has 0 aliphatic carbocycles. The number of carbonyl (C=O) groups excluding carboxylic acids is 2. The molecule has 8 nitrogen and oxygen atoms in total. The van der Waals surface area contributed by atoms with Crippen LogP contribution in [0.1, 0.15) is 36.1 Å². The van der Waals surface area contributed by atoms with E-state index in [0.717, 1.165) is 16.8 Å². The zero-order valence-electron chi connectivity index (χ0n) is 14.9. The van der Waals surface area contributed by atoms with Crippen LogP contribution < -0.4 is 10.1 Å². The maximum absolute atomic E-state index is 12.3. The number of aryl methyl sites for hydroxylation is 1. The molecule has 138 valence electrons. The normalized spacial score (nSPS) is 16.0. The van der Waals surface area contributed by atoms with Crippen LogP contribution in [-0.4, -0.2) is 40.5 Å². The first kappa shape index (κ1) is 17.8. The van der Waals surface area contributed by atoms with Gasteiger partial charge in [-0.25, -0.2) is 4.68 Å². The van der Waals surface area contributed by atoms with Crippen LogP contribution >= 0.6 is 0 Å². The van der Waals surface area contributed by atoms with E-state index < -0.39 is 5.97 Å². The summed E-state index contributed by atoms with van der Waals surface area (Å²) in [7, 11) is 1.47. The average Bonchev–Trinajstić information content (AvgIpc) is 2.90. The van der Waals surface area contributed by atoms with E-state index in [1.807, 2.05) is 6.92 Å². The number of rotatable bonds is 5. The summed E-state index contributed by atoms with van der Waals surface area (Å²) in [5.74, 6) is 0.0473. The third-order valence-corrected chi connectivity index (χ3v) is 4.36. The van der Waals surface area contributed by atoms with Gasteiger partial charge in [0.25, 0.3) is 0 Å². The molecule has 1 aromatic heterocycles. The van der Waals surface area contributed by atoms with Gasteiger partial charge in [-0.2, -0.15) is 5.10 Å². The number of carbonyl (C=O) groups is 2. The zero-order valence-corrected chi connectivity index (χ0v) is 14.9. The van der Waals surface area contributed by atoms with Gasteiger partial charge in [0.1, 0.15) is 12.4 Å². The summed E-state index contributed by atoms with van der Waals surface area (Å²) >= 11 is 0. The van der Waals surface area contributed by atoms with Crippen molar-refractivity contribution < 1.29 is 24.2 Å². The van der Waals surface area contributed by atoms with Crippen molar-refractivity contribution in [2.45, 2.75) is 32.7 Å². The topological polar surface area (TPSA) is 103 Å². The molecule has 2 N–H and O–H groups in total. The molecule has 0 fully saturated rings. The van der Waals surface area contributed by atoms with E-state index in [1.54, 1.807) is 25.1 Å². The Labute approximate surface area is 150 Å². The first-order chi connectivity index (χ1) is 12.4. The minimum atomic E-state index is -0.416. The second kappa shape index (κ2) is 7.07. The number of hydrogen-bond acceptors (Lipinski definition) is 6. The highest BCUT2D eigenvalue weighted by Gasteiger charge is 2.33. The van der Waals surface area contributed by atoms with Gasteiger partial charge in [-0.05, 0) is 31.5 Å². The minimum Gasteiger partial charge on any atom is -0.504 e. The number of phenols is 1. The van der Waals surface area contributed by atoms with E-state index in [9.17, 15) is 14.7 Å². The molecule has 0 bridgehead atoms. The number of benzene rings is 1. The Balaban J connectivity index is 2.03. The number of hydrogen-bond donors (Lipinski definition) is 2. The predicted octanol–water partition coefficient (Wildman–Crippen LogP) is 1.94. The molecule has 1 atom stereocenters. The number of nitrogens with one attached hydrogen (secondary N) is 1. The SMILES string of the molecule is CCOC(=O)Cn1nc(C)c2c1NC(=O)C[C@@H]2c1ccc(O)c(OC)c1. The summed E-state index contributed by atoms with van der Waals surface area (Å²) in [5, 5.41) is 17.0. The van der Waals surface area contributed by atoms with Gasteiger partial charge in [0, 0.05) is 17.9 Å². The Bertz CT molecular complexity index is 859. The van der Waals surface area contributed by atoms with Crippen molar-refractivity contribution in [1.29, 1.82) is 0 Å². The van der Waals surface area contributed by atoms with Gasteiger partial charge in [0.15, 0.2) is 11.5 Å². The summed E-state index contributed by atoms with van der Waals surface area (Å²) in [4.78, 5) is 24.1. The number of esters is 1. The van der Waals surface area contributed by atoms with Crippen LogP contribution in [0.15, 0.2) is 18.2 Å². The van der Waals surface area contributed by atoms with Gasteiger partial charge in [-0.1, -0.05) is 6.07 Å². The molecule has 0 spiro atoms. The first-order valence-electron chi connectivity index (χ1n) is 8.34. The molecule has 0 unspecified atom stereocenters. The third kappa shape index (κ3) is 3.22. The Morgan fingerprint density at radius 3 is 2.92 bits per heavy atom. The molecule has 1 amide bonds. The number of aromatic hydroxyl groups is 1. The first-order valence-corrected chi connectivity index (χ1v) is 8.34. The van der Waals surface area contributed by atoms with E-state index in [2.05, 4.69) is 10.4 Å². The highest BCUT2D eigenvalue weighted by atomic mass is 16.5. The van der Waals surface area contributed by atoms with Crippen molar-refractivity contribution in [3.63, 3.8) is 0 Å². The van der Waals surface area contributed by atoms with Gasteiger partial charge in [0.2, 0.25) is 5.91 Å². The zero-order chi connectivity index (χ0) is 18.8.